The maximum Gasteiger partial charge on any atom is 0.0880 e. The molecule has 0 amide bonds. The second-order valence-corrected chi connectivity index (χ2v) is 12.6. The highest BCUT2D eigenvalue weighted by Crippen LogP contribution is 2.46. The van der Waals surface area contributed by atoms with E-state index < -0.39 is 0 Å². The quantitative estimate of drug-likeness (QED) is 0.239. The second kappa shape index (κ2) is 6.61. The van der Waals surface area contributed by atoms with Gasteiger partial charge in [-0.2, -0.15) is 0 Å². The van der Waals surface area contributed by atoms with Crippen molar-refractivity contribution in [2.45, 2.75) is 40.0 Å². The molecule has 4 heteroatoms. The van der Waals surface area contributed by atoms with E-state index in [1.807, 2.05) is 40.2 Å². The van der Waals surface area contributed by atoms with Gasteiger partial charge in [-0.1, -0.05) is 20.8 Å². The minimum atomic E-state index is 0.0879. The molecule has 4 heterocycles. The maximum absolute atomic E-state index is 4.91. The van der Waals surface area contributed by atoms with Crippen molar-refractivity contribution in [2.24, 2.45) is 0 Å². The summed E-state index contributed by atoms with van der Waals surface area (Å²) in [6.07, 6.45) is 1.99. The first-order chi connectivity index (χ1) is 14.8. The molecule has 0 atom stereocenters. The third-order valence-electron chi connectivity index (χ3n) is 6.31. The average molecular weight is 458 g/mol. The summed E-state index contributed by atoms with van der Waals surface area (Å²) in [6, 6.07) is 13.7. The van der Waals surface area contributed by atoms with Crippen LogP contribution in [0.2, 0.25) is 0 Å². The van der Waals surface area contributed by atoms with Gasteiger partial charge in [0.2, 0.25) is 0 Å². The molecule has 2 aromatic carbocycles. The molecular formula is C27H23NS3. The fourth-order valence-electron chi connectivity index (χ4n) is 4.63. The highest BCUT2D eigenvalue weighted by molar-refractivity contribution is 7.27. The molecule has 0 saturated heterocycles. The predicted octanol–water partition coefficient (Wildman–Crippen LogP) is 9.46. The van der Waals surface area contributed by atoms with Crippen molar-refractivity contribution in [3.63, 3.8) is 0 Å². The third kappa shape index (κ3) is 2.82. The number of fused-ring (bicyclic) bond motifs is 6. The van der Waals surface area contributed by atoms with Gasteiger partial charge in [-0.3, -0.25) is 4.98 Å². The standard InChI is InChI=1S/C27H23NS3/c1-14-15(2)30-20-6-7-21-23(22(14)20)18-8-10-28-24(26(18)31-21)17-12-16-9-11-29-25(16)19(13-17)27(3,4)5/h6-13H,1-5H3. The van der Waals surface area contributed by atoms with Crippen LogP contribution in [0.3, 0.4) is 0 Å². The van der Waals surface area contributed by atoms with E-state index in [2.05, 4.69) is 76.4 Å². The number of aryl methyl sites for hydroxylation is 2. The van der Waals surface area contributed by atoms with Crippen molar-refractivity contribution in [3.8, 4) is 11.3 Å². The minimum Gasteiger partial charge on any atom is -0.255 e. The van der Waals surface area contributed by atoms with Crippen LogP contribution in [-0.4, -0.2) is 4.98 Å². The van der Waals surface area contributed by atoms with Crippen LogP contribution in [0.4, 0.5) is 0 Å². The van der Waals surface area contributed by atoms with Crippen molar-refractivity contribution >= 4 is 74.4 Å². The summed E-state index contributed by atoms with van der Waals surface area (Å²) in [5, 5.41) is 7.68. The number of nitrogens with zero attached hydrogens (tertiary/aromatic N) is 1. The van der Waals surface area contributed by atoms with Crippen LogP contribution >= 0.6 is 34.0 Å². The van der Waals surface area contributed by atoms with Gasteiger partial charge in [-0.15, -0.1) is 34.0 Å². The first kappa shape index (κ1) is 19.4. The first-order valence-electron chi connectivity index (χ1n) is 10.5. The van der Waals surface area contributed by atoms with Crippen LogP contribution in [0.15, 0.2) is 48.0 Å². The molecule has 0 aliphatic heterocycles. The number of hydrogen-bond acceptors (Lipinski definition) is 4. The van der Waals surface area contributed by atoms with Crippen LogP contribution in [0, 0.1) is 13.8 Å². The number of benzene rings is 2. The highest BCUT2D eigenvalue weighted by Gasteiger charge is 2.21. The zero-order valence-corrected chi connectivity index (χ0v) is 20.7. The Kier molecular flexibility index (Phi) is 4.14. The Hall–Kier alpha value is -2.27. The molecule has 4 aromatic heterocycles. The van der Waals surface area contributed by atoms with E-state index in [4.69, 9.17) is 4.98 Å². The van der Waals surface area contributed by atoms with Crippen molar-refractivity contribution in [1.29, 1.82) is 0 Å². The Morgan fingerprint density at radius 1 is 0.839 bits per heavy atom. The summed E-state index contributed by atoms with van der Waals surface area (Å²) in [7, 11) is 0. The average Bonchev–Trinajstić information content (AvgIpc) is 3.42. The summed E-state index contributed by atoms with van der Waals surface area (Å²) in [5.41, 5.74) is 5.24. The summed E-state index contributed by atoms with van der Waals surface area (Å²) in [4.78, 5) is 6.32. The molecule has 0 spiro atoms. The van der Waals surface area contributed by atoms with Gasteiger partial charge in [0.1, 0.15) is 0 Å². The summed E-state index contributed by atoms with van der Waals surface area (Å²) in [6.45, 7) is 11.4. The molecule has 1 nitrogen and oxygen atoms in total. The summed E-state index contributed by atoms with van der Waals surface area (Å²) >= 11 is 5.63. The predicted molar refractivity (Wildman–Crippen MR) is 142 cm³/mol. The van der Waals surface area contributed by atoms with Crippen LogP contribution in [0.1, 0.15) is 36.8 Å². The van der Waals surface area contributed by atoms with Crippen molar-refractivity contribution in [1.82, 2.24) is 4.98 Å². The molecule has 6 rings (SSSR count). The zero-order valence-electron chi connectivity index (χ0n) is 18.3. The van der Waals surface area contributed by atoms with Gasteiger partial charge in [-0.05, 0) is 77.6 Å². The van der Waals surface area contributed by atoms with Crippen molar-refractivity contribution < 1.29 is 0 Å². The van der Waals surface area contributed by atoms with Gasteiger partial charge >= 0.3 is 0 Å². The Balaban J connectivity index is 1.72. The molecule has 0 aliphatic rings. The van der Waals surface area contributed by atoms with Gasteiger partial charge in [0.05, 0.1) is 10.4 Å². The van der Waals surface area contributed by atoms with E-state index in [1.54, 1.807) is 0 Å². The minimum absolute atomic E-state index is 0.0879. The third-order valence-corrected chi connectivity index (χ3v) is 9.63. The van der Waals surface area contributed by atoms with Gasteiger partial charge in [-0.25, -0.2) is 0 Å². The zero-order chi connectivity index (χ0) is 21.5. The lowest BCUT2D eigenvalue weighted by Gasteiger charge is -2.21. The molecule has 0 unspecified atom stereocenters. The number of aromatic nitrogens is 1. The van der Waals surface area contributed by atoms with E-state index >= 15 is 0 Å². The topological polar surface area (TPSA) is 12.9 Å². The molecule has 0 bridgehead atoms. The lowest BCUT2D eigenvalue weighted by atomic mass is 9.85. The fraction of sp³-hybridized carbons (Fsp3) is 0.222. The number of rotatable bonds is 1. The lowest BCUT2D eigenvalue weighted by Crippen LogP contribution is -2.11. The Morgan fingerprint density at radius 3 is 2.39 bits per heavy atom. The van der Waals surface area contributed by atoms with Gasteiger partial charge in [0.25, 0.3) is 0 Å². The van der Waals surface area contributed by atoms with Gasteiger partial charge < -0.3 is 0 Å². The smallest absolute Gasteiger partial charge is 0.0880 e. The summed E-state index contributed by atoms with van der Waals surface area (Å²) in [5.74, 6) is 0. The van der Waals surface area contributed by atoms with Crippen LogP contribution in [-0.2, 0) is 5.41 Å². The maximum atomic E-state index is 4.91. The van der Waals surface area contributed by atoms with Crippen LogP contribution in [0.5, 0.6) is 0 Å². The number of hydrogen-bond donors (Lipinski definition) is 0. The van der Waals surface area contributed by atoms with Crippen molar-refractivity contribution in [3.05, 3.63) is 64.0 Å². The Labute approximate surface area is 194 Å². The lowest BCUT2D eigenvalue weighted by molar-refractivity contribution is 0.597. The molecule has 0 fully saturated rings. The molecule has 6 aromatic rings. The van der Waals surface area contributed by atoms with E-state index in [-0.39, 0.29) is 5.41 Å². The monoisotopic (exact) mass is 457 g/mol. The molecule has 0 N–H and O–H groups in total. The SMILES string of the molecule is Cc1sc2ccc3sc4c(-c5cc(C(C)(C)C)c6sccc6c5)nccc4c3c2c1C. The molecule has 0 saturated carbocycles. The van der Waals surface area contributed by atoms with Crippen LogP contribution in [0.25, 0.3) is 51.6 Å². The van der Waals surface area contributed by atoms with E-state index in [9.17, 15) is 0 Å². The Bertz CT molecular complexity index is 1640. The largest absolute Gasteiger partial charge is 0.255 e. The Morgan fingerprint density at radius 2 is 1.61 bits per heavy atom. The van der Waals surface area contributed by atoms with E-state index in [0.717, 1.165) is 5.69 Å². The molecule has 154 valence electrons. The normalized spacial score (nSPS) is 12.7. The second-order valence-electron chi connectivity index (χ2n) is 9.35. The van der Waals surface area contributed by atoms with E-state index in [0.29, 0.717) is 0 Å². The van der Waals surface area contributed by atoms with Crippen molar-refractivity contribution in [2.75, 3.05) is 0 Å². The molecule has 0 radical (unpaired) electrons. The molecular weight excluding hydrogens is 435 g/mol. The highest BCUT2D eigenvalue weighted by atomic mass is 32.1. The number of pyridine rings is 1. The molecule has 31 heavy (non-hydrogen) atoms. The summed E-state index contributed by atoms with van der Waals surface area (Å²) < 4.78 is 5.43. The fourth-order valence-corrected chi connectivity index (χ4v) is 8.03. The van der Waals surface area contributed by atoms with Gasteiger partial charge in [0.15, 0.2) is 0 Å². The number of thiophene rings is 3. The first-order valence-corrected chi connectivity index (χ1v) is 13.1. The van der Waals surface area contributed by atoms with Gasteiger partial charge in [0, 0.05) is 46.9 Å². The van der Waals surface area contributed by atoms with E-state index in [1.165, 1.54) is 61.9 Å². The molecule has 0 aliphatic carbocycles. The van der Waals surface area contributed by atoms with Crippen LogP contribution < -0.4 is 0 Å².